The lowest BCUT2D eigenvalue weighted by atomic mass is 10.1. The van der Waals surface area contributed by atoms with E-state index < -0.39 is 17.9 Å². The first-order chi connectivity index (χ1) is 22.7. The minimum absolute atomic E-state index is 0.0626. The van der Waals surface area contributed by atoms with Crippen LogP contribution < -0.4 is 55.7 Å². The fourth-order valence-corrected chi connectivity index (χ4v) is 4.05. The van der Waals surface area contributed by atoms with Gasteiger partial charge in [-0.25, -0.2) is 19.9 Å². The molecule has 0 spiro atoms. The number of guanidine groups is 2. The number of nitrogens with zero attached hydrogens (tertiary/aromatic N) is 6. The van der Waals surface area contributed by atoms with Crippen LogP contribution in [0.3, 0.4) is 0 Å². The van der Waals surface area contributed by atoms with Gasteiger partial charge >= 0.3 is 0 Å². The molecule has 1 atom stereocenters. The van der Waals surface area contributed by atoms with Gasteiger partial charge in [-0.3, -0.25) is 39.8 Å². The summed E-state index contributed by atoms with van der Waals surface area (Å²) in [6.45, 7) is 2.68. The third-order valence-corrected chi connectivity index (χ3v) is 6.79. The third kappa shape index (κ3) is 12.9. The van der Waals surface area contributed by atoms with E-state index in [2.05, 4.69) is 51.2 Å². The first-order valence-electron chi connectivity index (χ1n) is 14.7. The van der Waals surface area contributed by atoms with Gasteiger partial charge in [-0.15, -0.1) is 0 Å². The summed E-state index contributed by atoms with van der Waals surface area (Å²) >= 11 is 11.6. The second-order valence-corrected chi connectivity index (χ2v) is 10.8. The largest absolute Gasteiger partial charge is 0.382 e. The Kier molecular flexibility index (Phi) is 15.8. The molecule has 0 aromatic carbocycles. The summed E-state index contributed by atoms with van der Waals surface area (Å²) in [6, 6.07) is -0.718. The number of amides is 4. The zero-order chi connectivity index (χ0) is 35.8. The number of nitrogens with two attached hydrogens (primary N) is 6. The molecule has 0 unspecified atom stereocenters. The molecule has 2 aromatic heterocycles. The number of aromatic nitrogens is 4. The van der Waals surface area contributed by atoms with Gasteiger partial charge in [0.2, 0.25) is 11.8 Å². The van der Waals surface area contributed by atoms with Gasteiger partial charge in [0.15, 0.2) is 56.9 Å². The van der Waals surface area contributed by atoms with Crippen molar-refractivity contribution in [3.63, 3.8) is 0 Å². The van der Waals surface area contributed by atoms with Crippen LogP contribution in [0.25, 0.3) is 0 Å². The summed E-state index contributed by atoms with van der Waals surface area (Å²) in [5, 5.41) is 9.84. The Morgan fingerprint density at radius 3 is 1.73 bits per heavy atom. The average molecular weight is 712 g/mol. The quantitative estimate of drug-likeness (QED) is 0.0570. The normalized spacial score (nSPS) is 12.2. The van der Waals surface area contributed by atoms with Gasteiger partial charge in [-0.1, -0.05) is 43.0 Å². The Hall–Kier alpha value is -5.24. The van der Waals surface area contributed by atoms with E-state index in [1.54, 1.807) is 0 Å². The number of aliphatic imine (C=N–C) groups is 2. The summed E-state index contributed by atoms with van der Waals surface area (Å²) < 4.78 is 0. The number of rotatable bonds is 16. The second kappa shape index (κ2) is 19.4. The number of anilines is 4. The van der Waals surface area contributed by atoms with Gasteiger partial charge in [0, 0.05) is 26.1 Å². The van der Waals surface area contributed by atoms with Crippen molar-refractivity contribution in [2.75, 3.05) is 42.6 Å². The van der Waals surface area contributed by atoms with E-state index in [4.69, 9.17) is 57.6 Å². The molecule has 0 bridgehead atoms. The molecule has 0 aliphatic heterocycles. The van der Waals surface area contributed by atoms with E-state index in [9.17, 15) is 19.2 Å². The second-order valence-electron chi connectivity index (χ2n) is 10.1. The lowest BCUT2D eigenvalue weighted by Crippen LogP contribution is -2.47. The highest BCUT2D eigenvalue weighted by atomic mass is 35.5. The van der Waals surface area contributed by atoms with Crippen LogP contribution in [0.4, 0.5) is 23.3 Å². The molecule has 2 aromatic rings. The Bertz CT molecular complexity index is 1540. The highest BCUT2D eigenvalue weighted by Gasteiger charge is 2.20. The van der Waals surface area contributed by atoms with Crippen molar-refractivity contribution >= 4 is 82.0 Å². The average Bonchev–Trinajstić information content (AvgIpc) is 3.02. The molecule has 0 saturated heterocycles. The van der Waals surface area contributed by atoms with Gasteiger partial charge in [-0.05, 0) is 25.7 Å². The van der Waals surface area contributed by atoms with Crippen molar-refractivity contribution in [2.24, 2.45) is 21.5 Å². The van der Waals surface area contributed by atoms with Crippen LogP contribution in [0, 0.1) is 0 Å². The fraction of sp³-hybridized carbons (Fsp3) is 0.462. The van der Waals surface area contributed by atoms with Gasteiger partial charge in [0.05, 0.1) is 0 Å². The molecule has 2 rings (SSSR count). The van der Waals surface area contributed by atoms with E-state index in [0.29, 0.717) is 32.2 Å². The summed E-state index contributed by atoms with van der Waals surface area (Å²) in [6.07, 6.45) is 3.47. The van der Waals surface area contributed by atoms with Gasteiger partial charge in [0.1, 0.15) is 6.04 Å². The monoisotopic (exact) mass is 710 g/mol. The Morgan fingerprint density at radius 1 is 0.729 bits per heavy atom. The van der Waals surface area contributed by atoms with Crippen LogP contribution in [-0.4, -0.2) is 81.2 Å². The maximum absolute atomic E-state index is 12.8. The van der Waals surface area contributed by atoms with Gasteiger partial charge < -0.3 is 45.0 Å². The molecule has 0 aliphatic carbocycles. The lowest BCUT2D eigenvalue weighted by molar-refractivity contribution is -0.129. The minimum atomic E-state index is -0.783. The Morgan fingerprint density at radius 2 is 1.23 bits per heavy atom. The van der Waals surface area contributed by atoms with Crippen molar-refractivity contribution < 1.29 is 19.2 Å². The molecule has 48 heavy (non-hydrogen) atoms. The van der Waals surface area contributed by atoms with E-state index >= 15 is 0 Å². The van der Waals surface area contributed by atoms with Crippen molar-refractivity contribution in [1.29, 1.82) is 0 Å². The molecule has 22 heteroatoms. The molecule has 16 N–H and O–H groups in total. The first kappa shape index (κ1) is 38.9. The number of carbonyl (C=O) groups excluding carboxylic acids is 4. The maximum atomic E-state index is 12.8. The van der Waals surface area contributed by atoms with E-state index in [0.717, 1.165) is 12.8 Å². The third-order valence-electron chi connectivity index (χ3n) is 6.23. The fourth-order valence-electron chi connectivity index (χ4n) is 3.80. The number of hydrogen-bond acceptors (Lipinski definition) is 14. The molecule has 0 aliphatic rings. The van der Waals surface area contributed by atoms with Gasteiger partial charge in [0.25, 0.3) is 11.8 Å². The number of halogens is 2. The highest BCUT2D eigenvalue weighted by Crippen LogP contribution is 2.18. The zero-order valence-corrected chi connectivity index (χ0v) is 27.7. The van der Waals surface area contributed by atoms with E-state index in [1.165, 1.54) is 0 Å². The topological polar surface area (TPSA) is 349 Å². The molecule has 20 nitrogen and oxygen atoms in total. The van der Waals surface area contributed by atoms with Crippen molar-refractivity contribution in [3.05, 3.63) is 21.7 Å². The number of nitrogen functional groups attached to an aromatic ring is 4. The molecular weight excluding hydrogens is 671 g/mol. The van der Waals surface area contributed by atoms with Gasteiger partial charge in [-0.2, -0.15) is 0 Å². The predicted octanol–water partition coefficient (Wildman–Crippen LogP) is -0.957. The summed E-state index contributed by atoms with van der Waals surface area (Å²) in [5.74, 6) is -3.27. The molecule has 262 valence electrons. The number of hydrogen-bond donors (Lipinski definition) is 10. The Balaban J connectivity index is 1.73. The predicted molar refractivity (Wildman–Crippen MR) is 183 cm³/mol. The maximum Gasteiger partial charge on any atom is 0.280 e. The van der Waals surface area contributed by atoms with E-state index in [-0.39, 0.29) is 88.2 Å². The highest BCUT2D eigenvalue weighted by molar-refractivity contribution is 6.32. The number of nitrogens with one attached hydrogen (secondary N) is 4. The Labute approximate surface area is 285 Å². The number of unbranched alkanes of at least 4 members (excludes halogenated alkanes) is 2. The van der Waals surface area contributed by atoms with Crippen LogP contribution in [0.2, 0.25) is 10.3 Å². The lowest BCUT2D eigenvalue weighted by Gasteiger charge is -2.18. The summed E-state index contributed by atoms with van der Waals surface area (Å²) in [7, 11) is 0. The molecular formula is C26H40Cl2N16O4. The van der Waals surface area contributed by atoms with Crippen LogP contribution in [0.15, 0.2) is 9.98 Å². The van der Waals surface area contributed by atoms with Crippen LogP contribution in [0.5, 0.6) is 0 Å². The summed E-state index contributed by atoms with van der Waals surface area (Å²) in [5.41, 5.74) is 33.3. The molecule has 2 heterocycles. The van der Waals surface area contributed by atoms with Crippen LogP contribution in [0.1, 0.15) is 72.8 Å². The SMILES string of the molecule is CCCC[C@@H](NC(=O)CCCN=C(N)NC(=O)c1nc(Cl)c(N)nc1N)C(=O)NCCCCN=C(N)NC(=O)c1nc(Cl)c(N)nc1N. The minimum Gasteiger partial charge on any atom is -0.382 e. The molecule has 0 saturated carbocycles. The van der Waals surface area contributed by atoms with Crippen molar-refractivity contribution in [1.82, 2.24) is 41.2 Å². The first-order valence-corrected chi connectivity index (χ1v) is 15.5. The van der Waals surface area contributed by atoms with Crippen molar-refractivity contribution in [3.8, 4) is 0 Å². The standard InChI is InChI=1S/C26H40Cl2N16O4/c1-2-3-7-12(38-13(45)8-6-11-37-26(34)44-24(48)15-19(30)42-21(32)17(28)40-15)22(46)35-9-4-5-10-36-25(33)43-23(47)14-18(29)41-20(31)16(27)39-14/h12H,2-11H2,1H3,(H,35,46)(H,38,45)(H4,29,31,41)(H4,30,32,42)(H3,33,36,43,47)(H3,34,37,44,48)/t12-/m1/s1. The van der Waals surface area contributed by atoms with E-state index in [1.807, 2.05) is 6.92 Å². The van der Waals surface area contributed by atoms with Crippen LogP contribution in [-0.2, 0) is 9.59 Å². The molecule has 0 radical (unpaired) electrons. The van der Waals surface area contributed by atoms with Crippen molar-refractivity contribution in [2.45, 2.75) is 57.9 Å². The molecule has 4 amide bonds. The van der Waals surface area contributed by atoms with Crippen LogP contribution >= 0.6 is 23.2 Å². The zero-order valence-electron chi connectivity index (χ0n) is 26.2. The smallest absolute Gasteiger partial charge is 0.280 e. The molecule has 0 fully saturated rings. The number of carbonyl (C=O) groups is 4. The summed E-state index contributed by atoms with van der Waals surface area (Å²) in [4.78, 5) is 73.0.